The van der Waals surface area contributed by atoms with E-state index in [-0.39, 0.29) is 4.90 Å². The van der Waals surface area contributed by atoms with Crippen LogP contribution in [-0.4, -0.2) is 26.1 Å². The van der Waals surface area contributed by atoms with E-state index in [1.54, 1.807) is 42.5 Å². The average molecular weight is 357 g/mol. The van der Waals surface area contributed by atoms with Gasteiger partial charge in [-0.25, -0.2) is 0 Å². The van der Waals surface area contributed by atoms with Gasteiger partial charge in [0.05, 0.1) is 21.2 Å². The van der Waals surface area contributed by atoms with Crippen molar-refractivity contribution in [3.05, 3.63) is 63.6 Å². The van der Waals surface area contributed by atoms with Crippen molar-refractivity contribution in [2.75, 3.05) is 7.05 Å². The van der Waals surface area contributed by atoms with Crippen molar-refractivity contribution < 1.29 is 8.42 Å². The molecule has 0 atom stereocenters. The molecule has 0 amide bonds. The normalized spacial score (nSPS) is 11.8. The molecule has 0 aliphatic carbocycles. The number of benzene rings is 2. The Morgan fingerprint density at radius 1 is 1.05 bits per heavy atom. The Hall–Kier alpha value is -1.56. The molecule has 0 aliphatic rings. The van der Waals surface area contributed by atoms with Crippen LogP contribution in [0.4, 0.5) is 0 Å². The van der Waals surface area contributed by atoms with E-state index >= 15 is 0 Å². The summed E-state index contributed by atoms with van der Waals surface area (Å²) >= 11 is 12.0. The molecule has 7 heteroatoms. The predicted molar refractivity (Wildman–Crippen MR) is 90.2 cm³/mol. The third-order valence-corrected chi connectivity index (χ3v) is 5.33. The van der Waals surface area contributed by atoms with Gasteiger partial charge in [0.1, 0.15) is 0 Å². The molecule has 0 spiro atoms. The van der Waals surface area contributed by atoms with E-state index in [2.05, 4.69) is 5.10 Å². The van der Waals surface area contributed by atoms with Gasteiger partial charge >= 0.3 is 0 Å². The molecule has 0 radical (unpaired) electrons. The lowest BCUT2D eigenvalue weighted by Gasteiger charge is -2.14. The van der Waals surface area contributed by atoms with Gasteiger partial charge in [-0.1, -0.05) is 47.0 Å². The second kappa shape index (κ2) is 6.69. The van der Waals surface area contributed by atoms with Crippen LogP contribution in [0.5, 0.6) is 0 Å². The maximum atomic E-state index is 12.4. The quantitative estimate of drug-likeness (QED) is 0.614. The molecule has 0 unspecified atom stereocenters. The van der Waals surface area contributed by atoms with E-state index in [1.807, 2.05) is 6.92 Å². The minimum absolute atomic E-state index is 0.169. The Morgan fingerprint density at radius 2 is 1.59 bits per heavy atom. The molecule has 0 fully saturated rings. The van der Waals surface area contributed by atoms with Crippen molar-refractivity contribution in [2.24, 2.45) is 5.10 Å². The molecule has 4 nitrogen and oxygen atoms in total. The van der Waals surface area contributed by atoms with E-state index in [9.17, 15) is 8.42 Å². The lowest BCUT2D eigenvalue weighted by atomic mass is 10.2. The van der Waals surface area contributed by atoms with Crippen LogP contribution in [0.3, 0.4) is 0 Å². The van der Waals surface area contributed by atoms with Gasteiger partial charge in [0, 0.05) is 12.6 Å². The number of hydrazone groups is 1. The fraction of sp³-hybridized carbons (Fsp3) is 0.133. The zero-order valence-electron chi connectivity index (χ0n) is 12.0. The lowest BCUT2D eigenvalue weighted by molar-refractivity contribution is 0.491. The van der Waals surface area contributed by atoms with Gasteiger partial charge in [-0.2, -0.15) is 17.9 Å². The summed E-state index contributed by atoms with van der Waals surface area (Å²) in [5, 5.41) is 4.74. The topological polar surface area (TPSA) is 49.7 Å². The largest absolute Gasteiger partial charge is 0.278 e. The summed E-state index contributed by atoms with van der Waals surface area (Å²) in [7, 11) is -2.34. The first-order valence-corrected chi connectivity index (χ1v) is 8.55. The highest BCUT2D eigenvalue weighted by Gasteiger charge is 2.18. The Bertz CT molecular complexity index is 783. The summed E-state index contributed by atoms with van der Waals surface area (Å²) in [6.45, 7) is 1.89. The van der Waals surface area contributed by atoms with Crippen LogP contribution in [0.1, 0.15) is 11.1 Å². The molecule has 0 heterocycles. The molecule has 2 rings (SSSR count). The van der Waals surface area contributed by atoms with Crippen LogP contribution in [0.25, 0.3) is 0 Å². The summed E-state index contributed by atoms with van der Waals surface area (Å²) in [4.78, 5) is 0.169. The van der Waals surface area contributed by atoms with Crippen molar-refractivity contribution in [3.8, 4) is 0 Å². The number of aryl methyl sites for hydroxylation is 1. The Kier molecular flexibility index (Phi) is 5.11. The fourth-order valence-electron chi connectivity index (χ4n) is 1.70. The van der Waals surface area contributed by atoms with Crippen molar-refractivity contribution in [3.63, 3.8) is 0 Å². The third-order valence-electron chi connectivity index (χ3n) is 3.02. The number of hydrogen-bond donors (Lipinski definition) is 0. The minimum Gasteiger partial charge on any atom is -0.200 e. The van der Waals surface area contributed by atoms with Crippen molar-refractivity contribution in [2.45, 2.75) is 11.8 Å². The zero-order chi connectivity index (χ0) is 16.3. The fourth-order valence-corrected chi connectivity index (χ4v) is 3.15. The van der Waals surface area contributed by atoms with E-state index in [1.165, 1.54) is 13.3 Å². The predicted octanol–water partition coefficient (Wildman–Crippen LogP) is 3.96. The van der Waals surface area contributed by atoms with Gasteiger partial charge in [0.2, 0.25) is 0 Å². The highest BCUT2D eigenvalue weighted by molar-refractivity contribution is 7.89. The molecule has 0 saturated carbocycles. The SMILES string of the molecule is Cc1ccc(S(=O)(=O)N(C)N=Cc2c(Cl)cccc2Cl)cc1. The van der Waals surface area contributed by atoms with Crippen LogP contribution in [0.15, 0.2) is 52.5 Å². The summed E-state index contributed by atoms with van der Waals surface area (Å²) in [5.41, 5.74) is 1.45. The molecular formula is C15H14Cl2N2O2S. The zero-order valence-corrected chi connectivity index (χ0v) is 14.3. The summed E-state index contributed by atoms with van der Waals surface area (Å²) in [6, 6.07) is 11.6. The van der Waals surface area contributed by atoms with Gasteiger partial charge in [0.15, 0.2) is 0 Å². The number of halogens is 2. The molecule has 0 saturated heterocycles. The van der Waals surface area contributed by atoms with Crippen molar-refractivity contribution >= 4 is 39.4 Å². The highest BCUT2D eigenvalue weighted by Crippen LogP contribution is 2.23. The Labute approximate surface area is 140 Å². The maximum absolute atomic E-state index is 12.4. The lowest BCUT2D eigenvalue weighted by Crippen LogP contribution is -2.21. The molecule has 2 aromatic carbocycles. The van der Waals surface area contributed by atoms with E-state index in [0.717, 1.165) is 9.98 Å². The van der Waals surface area contributed by atoms with Crippen LogP contribution >= 0.6 is 23.2 Å². The minimum atomic E-state index is -3.70. The first-order valence-electron chi connectivity index (χ1n) is 6.36. The van der Waals surface area contributed by atoms with Gasteiger partial charge in [-0.3, -0.25) is 0 Å². The summed E-state index contributed by atoms with van der Waals surface area (Å²) in [6.07, 6.45) is 1.33. The van der Waals surface area contributed by atoms with Gasteiger partial charge in [0.25, 0.3) is 10.0 Å². The molecule has 0 bridgehead atoms. The third kappa shape index (κ3) is 3.61. The molecule has 0 N–H and O–H groups in total. The molecule has 0 aromatic heterocycles. The molecule has 0 aliphatic heterocycles. The Morgan fingerprint density at radius 3 is 2.14 bits per heavy atom. The number of sulfonamides is 1. The monoisotopic (exact) mass is 356 g/mol. The van der Waals surface area contributed by atoms with Crippen LogP contribution in [0.2, 0.25) is 10.0 Å². The molecular weight excluding hydrogens is 343 g/mol. The maximum Gasteiger partial charge on any atom is 0.278 e. The molecule has 22 heavy (non-hydrogen) atoms. The van der Waals surface area contributed by atoms with Gasteiger partial charge in [-0.15, -0.1) is 0 Å². The van der Waals surface area contributed by atoms with E-state index < -0.39 is 10.0 Å². The second-order valence-electron chi connectivity index (χ2n) is 4.63. The Balaban J connectivity index is 2.30. The second-order valence-corrected chi connectivity index (χ2v) is 7.40. The number of nitrogens with zero attached hydrogens (tertiary/aromatic N) is 2. The van der Waals surface area contributed by atoms with Crippen molar-refractivity contribution in [1.82, 2.24) is 4.41 Å². The molecule has 116 valence electrons. The van der Waals surface area contributed by atoms with Crippen LogP contribution < -0.4 is 0 Å². The standard InChI is InChI=1S/C15H14Cl2N2O2S/c1-11-6-8-12(9-7-11)22(20,21)19(2)18-10-13-14(16)4-3-5-15(13)17/h3-10H,1-2H3. The number of rotatable bonds is 4. The van der Waals surface area contributed by atoms with E-state index in [0.29, 0.717) is 15.6 Å². The van der Waals surface area contributed by atoms with Crippen LogP contribution in [-0.2, 0) is 10.0 Å². The van der Waals surface area contributed by atoms with Crippen LogP contribution in [0, 0.1) is 6.92 Å². The first kappa shape index (κ1) is 16.8. The van der Waals surface area contributed by atoms with E-state index in [4.69, 9.17) is 23.2 Å². The summed E-state index contributed by atoms with van der Waals surface area (Å²) in [5.74, 6) is 0. The first-order chi connectivity index (χ1) is 10.3. The van der Waals surface area contributed by atoms with Crippen molar-refractivity contribution in [1.29, 1.82) is 0 Å². The summed E-state index contributed by atoms with van der Waals surface area (Å²) < 4.78 is 25.6. The number of hydrogen-bond acceptors (Lipinski definition) is 3. The van der Waals surface area contributed by atoms with Gasteiger partial charge < -0.3 is 0 Å². The highest BCUT2D eigenvalue weighted by atomic mass is 35.5. The smallest absolute Gasteiger partial charge is 0.200 e. The molecule has 2 aromatic rings. The van der Waals surface area contributed by atoms with Gasteiger partial charge in [-0.05, 0) is 31.2 Å². The average Bonchev–Trinajstić information content (AvgIpc) is 2.47.